The molecule has 0 radical (unpaired) electrons. The van der Waals surface area contributed by atoms with Crippen LogP contribution in [0, 0.1) is 6.92 Å². The predicted octanol–water partition coefficient (Wildman–Crippen LogP) is 4.20. The van der Waals surface area contributed by atoms with E-state index in [0.717, 1.165) is 16.5 Å². The van der Waals surface area contributed by atoms with Crippen molar-refractivity contribution in [3.05, 3.63) is 35.0 Å². The van der Waals surface area contributed by atoms with Gasteiger partial charge < -0.3 is 14.4 Å². The van der Waals surface area contributed by atoms with E-state index in [-0.39, 0.29) is 6.10 Å². The lowest BCUT2D eigenvalue weighted by Crippen LogP contribution is -2.15. The van der Waals surface area contributed by atoms with E-state index in [4.69, 9.17) is 4.74 Å². The van der Waals surface area contributed by atoms with E-state index in [1.54, 1.807) is 6.07 Å². The Morgan fingerprint density at radius 2 is 1.91 bits per heavy atom. The van der Waals surface area contributed by atoms with Crippen molar-refractivity contribution in [2.75, 3.05) is 6.61 Å². The number of aromatic carboxylic acids is 1. The number of carboxylic acids is 1. The summed E-state index contributed by atoms with van der Waals surface area (Å²) in [6.45, 7) is 11.3. The van der Waals surface area contributed by atoms with E-state index < -0.39 is 5.97 Å². The second kappa shape index (κ2) is 6.53. The van der Waals surface area contributed by atoms with Gasteiger partial charge in [0.15, 0.2) is 0 Å². The number of fused-ring (bicyclic) bond motifs is 1. The summed E-state index contributed by atoms with van der Waals surface area (Å²) >= 11 is 0. The second-order valence-corrected chi connectivity index (χ2v) is 6.35. The van der Waals surface area contributed by atoms with Gasteiger partial charge in [0, 0.05) is 11.9 Å². The third kappa shape index (κ3) is 3.33. The first-order valence-electron chi connectivity index (χ1n) is 7.80. The van der Waals surface area contributed by atoms with Gasteiger partial charge in [0.1, 0.15) is 5.69 Å². The smallest absolute Gasteiger partial charge is 0.352 e. The van der Waals surface area contributed by atoms with Crippen LogP contribution in [0.3, 0.4) is 0 Å². The number of hydrogen-bond acceptors (Lipinski definition) is 2. The number of carbonyl (C=O) groups is 1. The Morgan fingerprint density at radius 1 is 1.23 bits per heavy atom. The molecule has 4 heteroatoms. The maximum absolute atomic E-state index is 11.6. The Morgan fingerprint density at radius 3 is 2.45 bits per heavy atom. The molecular formula is C18H25NO3. The Labute approximate surface area is 131 Å². The highest BCUT2D eigenvalue weighted by Gasteiger charge is 2.18. The molecule has 0 amide bonds. The molecule has 4 nitrogen and oxygen atoms in total. The minimum atomic E-state index is -0.895. The zero-order chi connectivity index (χ0) is 16.4. The Bertz CT molecular complexity index is 683. The first-order chi connectivity index (χ1) is 10.3. The standard InChI is InChI=1S/C18H25NO3/c1-11(2)15-9-13(5)8-14-10-16(18(20)21)19(17(14)15)6-7-22-12(3)4/h8-12H,6-7H2,1-5H3,(H,20,21). The summed E-state index contributed by atoms with van der Waals surface area (Å²) in [7, 11) is 0. The van der Waals surface area contributed by atoms with Crippen LogP contribution in [0.2, 0.25) is 0 Å². The first kappa shape index (κ1) is 16.6. The number of ether oxygens (including phenoxy) is 1. The zero-order valence-corrected chi connectivity index (χ0v) is 14.0. The summed E-state index contributed by atoms with van der Waals surface area (Å²) < 4.78 is 7.49. The van der Waals surface area contributed by atoms with Crippen LogP contribution < -0.4 is 0 Å². The number of rotatable bonds is 6. The maximum Gasteiger partial charge on any atom is 0.352 e. The molecule has 0 aliphatic heterocycles. The average Bonchev–Trinajstić information content (AvgIpc) is 2.76. The molecule has 0 atom stereocenters. The van der Waals surface area contributed by atoms with Crippen LogP contribution in [0.4, 0.5) is 0 Å². The van der Waals surface area contributed by atoms with Crippen molar-refractivity contribution in [2.45, 2.75) is 53.2 Å². The highest BCUT2D eigenvalue weighted by molar-refractivity contribution is 5.96. The van der Waals surface area contributed by atoms with Crippen LogP contribution in [-0.4, -0.2) is 28.4 Å². The molecule has 2 aromatic rings. The van der Waals surface area contributed by atoms with Crippen LogP contribution in [-0.2, 0) is 11.3 Å². The quantitative estimate of drug-likeness (QED) is 0.870. The molecule has 1 heterocycles. The van der Waals surface area contributed by atoms with Gasteiger partial charge in [-0.3, -0.25) is 0 Å². The Kier molecular flexibility index (Phi) is 4.91. The van der Waals surface area contributed by atoms with Gasteiger partial charge in [0.25, 0.3) is 0 Å². The topological polar surface area (TPSA) is 51.5 Å². The van der Waals surface area contributed by atoms with E-state index in [0.29, 0.717) is 24.8 Å². The highest BCUT2D eigenvalue weighted by atomic mass is 16.5. The van der Waals surface area contributed by atoms with Gasteiger partial charge in [-0.2, -0.15) is 0 Å². The molecule has 0 aliphatic carbocycles. The highest BCUT2D eigenvalue weighted by Crippen LogP contribution is 2.30. The number of hydrogen-bond donors (Lipinski definition) is 1. The molecule has 0 aliphatic rings. The van der Waals surface area contributed by atoms with E-state index in [1.807, 2.05) is 31.4 Å². The fourth-order valence-corrected chi connectivity index (χ4v) is 2.83. The number of nitrogens with zero attached hydrogens (tertiary/aromatic N) is 1. The fraction of sp³-hybridized carbons (Fsp3) is 0.500. The van der Waals surface area contributed by atoms with Gasteiger partial charge in [-0.25, -0.2) is 4.79 Å². The van der Waals surface area contributed by atoms with Crippen molar-refractivity contribution in [1.29, 1.82) is 0 Å². The van der Waals surface area contributed by atoms with E-state index in [9.17, 15) is 9.90 Å². The molecule has 120 valence electrons. The van der Waals surface area contributed by atoms with Gasteiger partial charge in [0.05, 0.1) is 18.2 Å². The van der Waals surface area contributed by atoms with Crippen molar-refractivity contribution in [1.82, 2.24) is 4.57 Å². The van der Waals surface area contributed by atoms with Gasteiger partial charge >= 0.3 is 5.97 Å². The van der Waals surface area contributed by atoms with Crippen molar-refractivity contribution in [3.8, 4) is 0 Å². The molecule has 0 bridgehead atoms. The third-order valence-electron chi connectivity index (χ3n) is 3.77. The van der Waals surface area contributed by atoms with Gasteiger partial charge in [-0.15, -0.1) is 0 Å². The zero-order valence-electron chi connectivity index (χ0n) is 14.0. The van der Waals surface area contributed by atoms with E-state index >= 15 is 0 Å². The van der Waals surface area contributed by atoms with Crippen LogP contribution in [0.15, 0.2) is 18.2 Å². The van der Waals surface area contributed by atoms with Crippen LogP contribution in [0.1, 0.15) is 55.2 Å². The van der Waals surface area contributed by atoms with Crippen LogP contribution >= 0.6 is 0 Å². The number of aryl methyl sites for hydroxylation is 1. The third-order valence-corrected chi connectivity index (χ3v) is 3.77. The molecule has 22 heavy (non-hydrogen) atoms. The van der Waals surface area contributed by atoms with Crippen molar-refractivity contribution in [2.24, 2.45) is 0 Å². The summed E-state index contributed by atoms with van der Waals surface area (Å²) in [5, 5.41) is 10.5. The van der Waals surface area contributed by atoms with Gasteiger partial charge in [-0.1, -0.05) is 25.5 Å². The minimum Gasteiger partial charge on any atom is -0.477 e. The van der Waals surface area contributed by atoms with Crippen LogP contribution in [0.25, 0.3) is 10.9 Å². The van der Waals surface area contributed by atoms with Gasteiger partial charge in [0.2, 0.25) is 0 Å². The van der Waals surface area contributed by atoms with E-state index in [1.165, 1.54) is 5.56 Å². The molecule has 1 aromatic carbocycles. The molecule has 0 saturated heterocycles. The predicted molar refractivity (Wildman–Crippen MR) is 88.8 cm³/mol. The second-order valence-electron chi connectivity index (χ2n) is 6.35. The Hall–Kier alpha value is -1.81. The lowest BCUT2D eigenvalue weighted by Gasteiger charge is -2.15. The molecule has 0 spiro atoms. The average molecular weight is 303 g/mol. The number of carboxylic acid groups (broad SMARTS) is 1. The summed E-state index contributed by atoms with van der Waals surface area (Å²) in [5.74, 6) is -0.559. The summed E-state index contributed by atoms with van der Waals surface area (Å²) in [5.41, 5.74) is 3.69. The van der Waals surface area contributed by atoms with Crippen LogP contribution in [0.5, 0.6) is 0 Å². The molecule has 0 unspecified atom stereocenters. The summed E-state index contributed by atoms with van der Waals surface area (Å²) in [6.07, 6.45) is 0.141. The summed E-state index contributed by atoms with van der Waals surface area (Å²) in [4.78, 5) is 11.6. The van der Waals surface area contributed by atoms with Crippen molar-refractivity contribution < 1.29 is 14.6 Å². The fourth-order valence-electron chi connectivity index (χ4n) is 2.83. The molecule has 2 rings (SSSR count). The van der Waals surface area contributed by atoms with Crippen molar-refractivity contribution in [3.63, 3.8) is 0 Å². The minimum absolute atomic E-state index is 0.141. The monoisotopic (exact) mass is 303 g/mol. The number of benzene rings is 1. The Balaban J connectivity index is 2.58. The summed E-state index contributed by atoms with van der Waals surface area (Å²) in [6, 6.07) is 5.97. The SMILES string of the molecule is Cc1cc(C(C)C)c2c(c1)cc(C(=O)O)n2CCOC(C)C. The maximum atomic E-state index is 11.6. The molecule has 1 aromatic heterocycles. The molecule has 1 N–H and O–H groups in total. The molecule has 0 saturated carbocycles. The molecular weight excluding hydrogens is 278 g/mol. The largest absolute Gasteiger partial charge is 0.477 e. The lowest BCUT2D eigenvalue weighted by atomic mass is 9.98. The number of aromatic nitrogens is 1. The molecule has 0 fully saturated rings. The lowest BCUT2D eigenvalue weighted by molar-refractivity contribution is 0.0654. The normalized spacial score (nSPS) is 11.8. The first-order valence-corrected chi connectivity index (χ1v) is 7.80. The van der Waals surface area contributed by atoms with Gasteiger partial charge in [-0.05, 0) is 44.4 Å². The van der Waals surface area contributed by atoms with E-state index in [2.05, 4.69) is 19.9 Å². The van der Waals surface area contributed by atoms with Crippen molar-refractivity contribution >= 4 is 16.9 Å².